The minimum Gasteiger partial charge on any atom is -0.417 e. The van der Waals surface area contributed by atoms with Gasteiger partial charge in [-0.15, -0.1) is 10.2 Å². The van der Waals surface area contributed by atoms with E-state index in [1.165, 1.54) is 5.56 Å². The van der Waals surface area contributed by atoms with E-state index < -0.39 is 0 Å². The Morgan fingerprint density at radius 2 is 2.00 bits per heavy atom. The van der Waals surface area contributed by atoms with Gasteiger partial charge in [0.05, 0.1) is 0 Å². The first kappa shape index (κ1) is 7.98. The van der Waals surface area contributed by atoms with Gasteiger partial charge in [0.1, 0.15) is 0 Å². The maximum atomic E-state index is 4.91. The molecule has 1 heterocycles. The highest BCUT2D eigenvalue weighted by Crippen LogP contribution is 2.03. The lowest BCUT2D eigenvalue weighted by Crippen LogP contribution is -1.90. The predicted octanol–water partition coefficient (Wildman–Crippen LogP) is 1.65. The summed E-state index contributed by atoms with van der Waals surface area (Å²) < 4.78 is 4.91. The Hall–Kier alpha value is -1.64. The van der Waals surface area contributed by atoms with Crippen molar-refractivity contribution < 1.29 is 4.42 Å². The van der Waals surface area contributed by atoms with Gasteiger partial charge in [-0.05, 0) is 12.0 Å². The molecule has 0 aliphatic rings. The van der Waals surface area contributed by atoms with Gasteiger partial charge in [0.25, 0.3) is 0 Å². The van der Waals surface area contributed by atoms with E-state index in [-0.39, 0.29) is 0 Å². The zero-order valence-corrected chi connectivity index (χ0v) is 7.10. The van der Waals surface area contributed by atoms with Crippen LogP contribution in [-0.2, 0) is 12.8 Å². The molecule has 0 aliphatic carbocycles. The lowest BCUT2D eigenvalue weighted by molar-refractivity contribution is 0.485. The summed E-state index contributed by atoms with van der Waals surface area (Å²) in [5, 5.41) is 7.25. The van der Waals surface area contributed by atoms with E-state index in [2.05, 4.69) is 28.7 Å². The van der Waals surface area contributed by atoms with E-state index in [0.29, 0.717) is 5.89 Å². The van der Waals surface area contributed by atoms with E-state index in [0.717, 1.165) is 12.8 Å². The van der Waals surface area contributed by atoms with Crippen LogP contribution in [0.15, 0.2) is 34.7 Å². The lowest BCUT2D eigenvalue weighted by Gasteiger charge is -1.96. The molecule has 2 rings (SSSR count). The van der Waals surface area contributed by atoms with E-state index >= 15 is 0 Å². The maximum absolute atomic E-state index is 4.91. The van der Waals surface area contributed by atoms with Crippen molar-refractivity contribution in [2.24, 2.45) is 0 Å². The van der Waals surface area contributed by atoms with Crippen molar-refractivity contribution in [2.45, 2.75) is 12.8 Å². The quantitative estimate of drug-likeness (QED) is 0.708. The topological polar surface area (TPSA) is 38.9 Å². The monoisotopic (exact) mass is 173 g/mol. The Bertz CT molecular complexity index is 342. The fourth-order valence-corrected chi connectivity index (χ4v) is 1.17. The molecule has 13 heavy (non-hydrogen) atoms. The molecule has 0 aliphatic heterocycles. The smallest absolute Gasteiger partial charge is 0.305 e. The van der Waals surface area contributed by atoms with Crippen molar-refractivity contribution in [3.05, 3.63) is 48.2 Å². The molecule has 1 aromatic heterocycles. The molecule has 0 fully saturated rings. The Morgan fingerprint density at radius 1 is 1.15 bits per heavy atom. The highest BCUT2D eigenvalue weighted by Gasteiger charge is 1.99. The molecule has 2 aromatic rings. The number of benzene rings is 1. The van der Waals surface area contributed by atoms with E-state index in [1.54, 1.807) is 0 Å². The number of aryl methyl sites for hydroxylation is 2. The van der Waals surface area contributed by atoms with Gasteiger partial charge in [-0.1, -0.05) is 30.3 Å². The van der Waals surface area contributed by atoms with Crippen molar-refractivity contribution in [2.75, 3.05) is 0 Å². The van der Waals surface area contributed by atoms with Crippen molar-refractivity contribution in [3.8, 4) is 0 Å². The molecule has 0 N–H and O–H groups in total. The minimum atomic E-state index is 0.642. The largest absolute Gasteiger partial charge is 0.417 e. The molecule has 0 bridgehead atoms. The van der Waals surface area contributed by atoms with Gasteiger partial charge in [-0.25, -0.2) is 0 Å². The molecule has 3 nitrogen and oxygen atoms in total. The van der Waals surface area contributed by atoms with Crippen LogP contribution in [0.1, 0.15) is 11.5 Å². The number of nitrogens with zero attached hydrogens (tertiary/aromatic N) is 2. The van der Waals surface area contributed by atoms with Crippen molar-refractivity contribution >= 4 is 0 Å². The van der Waals surface area contributed by atoms with Crippen molar-refractivity contribution in [3.63, 3.8) is 0 Å². The molecule has 3 heteroatoms. The Kier molecular flexibility index (Phi) is 2.36. The van der Waals surface area contributed by atoms with E-state index in [9.17, 15) is 0 Å². The first-order valence-electron chi connectivity index (χ1n) is 4.17. The molecule has 0 saturated heterocycles. The van der Waals surface area contributed by atoms with Gasteiger partial charge in [-0.2, -0.15) is 0 Å². The first-order chi connectivity index (χ1) is 6.45. The average Bonchev–Trinajstić information content (AvgIpc) is 2.69. The van der Waals surface area contributed by atoms with Crippen LogP contribution >= 0.6 is 0 Å². The average molecular weight is 173 g/mol. The summed E-state index contributed by atoms with van der Waals surface area (Å²) >= 11 is 0. The summed E-state index contributed by atoms with van der Waals surface area (Å²) in [4.78, 5) is 0. The molecule has 0 unspecified atom stereocenters. The van der Waals surface area contributed by atoms with Crippen LogP contribution in [0.3, 0.4) is 0 Å². The minimum absolute atomic E-state index is 0.642. The zero-order chi connectivity index (χ0) is 8.93. The summed E-state index contributed by atoms with van der Waals surface area (Å²) in [7, 11) is 0. The van der Waals surface area contributed by atoms with Crippen LogP contribution in [-0.4, -0.2) is 10.2 Å². The molecule has 1 aromatic carbocycles. The van der Waals surface area contributed by atoms with Crippen molar-refractivity contribution in [1.29, 1.82) is 0 Å². The molecular formula is C10H9N2O. The molecule has 1 radical (unpaired) electrons. The standard InChI is InChI=1S/C10H9N2O/c1-2-4-9(5-3-1)6-7-10-12-11-8-13-10/h1-5H,6-7H2. The van der Waals surface area contributed by atoms with Crippen LogP contribution in [0, 0.1) is 6.39 Å². The predicted molar refractivity (Wildman–Crippen MR) is 47.0 cm³/mol. The highest BCUT2D eigenvalue weighted by atomic mass is 16.4. The third-order valence-corrected chi connectivity index (χ3v) is 1.84. The number of rotatable bonds is 3. The van der Waals surface area contributed by atoms with Gasteiger partial charge < -0.3 is 4.42 Å². The summed E-state index contributed by atoms with van der Waals surface area (Å²) in [6.45, 7) is 0. The lowest BCUT2D eigenvalue weighted by atomic mass is 10.1. The Morgan fingerprint density at radius 3 is 2.69 bits per heavy atom. The van der Waals surface area contributed by atoms with Gasteiger partial charge in [-0.3, -0.25) is 0 Å². The summed E-state index contributed by atoms with van der Waals surface area (Å²) in [6, 6.07) is 10.2. The fraction of sp³-hybridized carbons (Fsp3) is 0.200. The molecule has 0 atom stereocenters. The zero-order valence-electron chi connectivity index (χ0n) is 7.10. The second-order valence-electron chi connectivity index (χ2n) is 2.77. The Labute approximate surface area is 76.4 Å². The Balaban J connectivity index is 1.94. The van der Waals surface area contributed by atoms with Gasteiger partial charge >= 0.3 is 6.39 Å². The maximum Gasteiger partial charge on any atom is 0.305 e. The van der Waals surface area contributed by atoms with Gasteiger partial charge in [0.15, 0.2) is 0 Å². The van der Waals surface area contributed by atoms with E-state index in [4.69, 9.17) is 4.42 Å². The molecule has 0 saturated carbocycles. The van der Waals surface area contributed by atoms with Crippen LogP contribution < -0.4 is 0 Å². The molecular weight excluding hydrogens is 164 g/mol. The van der Waals surface area contributed by atoms with Crippen LogP contribution in [0.4, 0.5) is 0 Å². The van der Waals surface area contributed by atoms with Crippen LogP contribution in [0.2, 0.25) is 0 Å². The normalized spacial score (nSPS) is 10.2. The number of hydrogen-bond donors (Lipinski definition) is 0. The van der Waals surface area contributed by atoms with Crippen LogP contribution in [0.5, 0.6) is 0 Å². The summed E-state index contributed by atoms with van der Waals surface area (Å²) in [5.41, 5.74) is 1.28. The summed E-state index contributed by atoms with van der Waals surface area (Å²) in [6.07, 6.45) is 4.04. The second-order valence-corrected chi connectivity index (χ2v) is 2.77. The third-order valence-electron chi connectivity index (χ3n) is 1.84. The van der Waals surface area contributed by atoms with E-state index in [1.807, 2.05) is 18.2 Å². The molecule has 65 valence electrons. The third kappa shape index (κ3) is 2.15. The van der Waals surface area contributed by atoms with Crippen LogP contribution in [0.25, 0.3) is 0 Å². The first-order valence-corrected chi connectivity index (χ1v) is 4.17. The van der Waals surface area contributed by atoms with Crippen molar-refractivity contribution in [1.82, 2.24) is 10.2 Å². The van der Waals surface area contributed by atoms with Gasteiger partial charge in [0, 0.05) is 6.42 Å². The highest BCUT2D eigenvalue weighted by molar-refractivity contribution is 5.15. The SMILES string of the molecule is [c]1nnc(CCc2ccccc2)o1. The number of hydrogen-bond acceptors (Lipinski definition) is 3. The second kappa shape index (κ2) is 3.85. The molecule has 0 spiro atoms. The summed E-state index contributed by atoms with van der Waals surface area (Å²) in [5.74, 6) is 0.642. The number of aromatic nitrogens is 2. The molecule has 0 amide bonds. The fourth-order valence-electron chi connectivity index (χ4n) is 1.17. The van der Waals surface area contributed by atoms with Gasteiger partial charge in [0.2, 0.25) is 5.89 Å².